The molecule has 1 aromatic heterocycles. The van der Waals surface area contributed by atoms with E-state index in [1.165, 1.54) is 12.7 Å². The first-order valence-corrected chi connectivity index (χ1v) is 7.56. The van der Waals surface area contributed by atoms with E-state index in [1.807, 2.05) is 6.92 Å². The van der Waals surface area contributed by atoms with E-state index in [4.69, 9.17) is 22.4 Å². The Morgan fingerprint density at radius 2 is 2.20 bits per heavy atom. The maximum absolute atomic E-state index is 12.3. The normalized spacial score (nSPS) is 26.2. The van der Waals surface area contributed by atoms with Gasteiger partial charge in [-0.3, -0.25) is 4.79 Å². The summed E-state index contributed by atoms with van der Waals surface area (Å²) in [5, 5.41) is 3.02. The van der Waals surface area contributed by atoms with Gasteiger partial charge in [-0.1, -0.05) is 25.6 Å². The minimum atomic E-state index is -0.558. The molecule has 1 fully saturated rings. The molecule has 1 heterocycles. The van der Waals surface area contributed by atoms with E-state index in [-0.39, 0.29) is 5.91 Å². The Balaban J connectivity index is 2.13. The lowest BCUT2D eigenvalue weighted by Crippen LogP contribution is -2.58. The van der Waals surface area contributed by atoms with Crippen LogP contribution in [0.5, 0.6) is 0 Å². The van der Waals surface area contributed by atoms with Gasteiger partial charge in [0, 0.05) is 5.56 Å². The van der Waals surface area contributed by atoms with Crippen LogP contribution in [-0.2, 0) is 0 Å². The fourth-order valence-electron chi connectivity index (χ4n) is 2.89. The third-order valence-corrected chi connectivity index (χ3v) is 4.82. The number of nitrogens with one attached hydrogen (secondary N) is 1. The van der Waals surface area contributed by atoms with Crippen LogP contribution in [0.2, 0.25) is 0 Å². The fraction of sp³-hybridized carbons (Fsp3) is 0.600. The minimum absolute atomic E-state index is 0.227. The Labute approximate surface area is 125 Å². The molecule has 110 valence electrons. The third-order valence-electron chi connectivity index (χ3n) is 4.43. The van der Waals surface area contributed by atoms with Gasteiger partial charge in [-0.05, 0) is 44.6 Å². The molecule has 3 N–H and O–H groups in total. The summed E-state index contributed by atoms with van der Waals surface area (Å²) in [5.74, 6) is 0.827. The molecular weight excluding hydrogens is 272 g/mol. The topological polar surface area (TPSA) is 68.3 Å². The number of thiocarbonyl (C=S) groups is 1. The van der Waals surface area contributed by atoms with Gasteiger partial charge in [0.1, 0.15) is 0 Å². The van der Waals surface area contributed by atoms with Crippen LogP contribution in [-0.4, -0.2) is 16.4 Å². The molecule has 0 atom stereocenters. The number of furan rings is 1. The Bertz CT molecular complexity index is 502. The molecule has 1 saturated carbocycles. The fourth-order valence-corrected chi connectivity index (χ4v) is 3.15. The van der Waals surface area contributed by atoms with Crippen molar-refractivity contribution in [3.63, 3.8) is 0 Å². The highest BCUT2D eigenvalue weighted by Gasteiger charge is 2.39. The van der Waals surface area contributed by atoms with E-state index in [0.29, 0.717) is 16.7 Å². The van der Waals surface area contributed by atoms with E-state index in [0.717, 1.165) is 31.2 Å². The first-order valence-electron chi connectivity index (χ1n) is 7.15. The number of carbonyl (C=O) groups is 1. The summed E-state index contributed by atoms with van der Waals surface area (Å²) in [5.41, 5.74) is 6.18. The smallest absolute Gasteiger partial charge is 0.288 e. The molecule has 1 aliphatic carbocycles. The molecule has 0 aliphatic heterocycles. The van der Waals surface area contributed by atoms with Crippen molar-refractivity contribution in [2.24, 2.45) is 11.7 Å². The van der Waals surface area contributed by atoms with Crippen molar-refractivity contribution in [2.45, 2.75) is 51.5 Å². The second-order valence-electron chi connectivity index (χ2n) is 5.68. The zero-order chi connectivity index (χ0) is 14.8. The number of nitrogens with two attached hydrogens (primary N) is 1. The van der Waals surface area contributed by atoms with Crippen molar-refractivity contribution in [1.29, 1.82) is 0 Å². The summed E-state index contributed by atoms with van der Waals surface area (Å²) >= 11 is 5.22. The molecule has 0 radical (unpaired) electrons. The molecule has 0 unspecified atom stereocenters. The van der Waals surface area contributed by atoms with Gasteiger partial charge in [0.25, 0.3) is 5.91 Å². The van der Waals surface area contributed by atoms with E-state index < -0.39 is 5.54 Å². The molecule has 1 aromatic rings. The highest BCUT2D eigenvalue weighted by atomic mass is 32.1. The Morgan fingerprint density at radius 3 is 2.65 bits per heavy atom. The number of carbonyl (C=O) groups excluding carboxylic acids is 1. The summed E-state index contributed by atoms with van der Waals surface area (Å²) < 4.78 is 5.24. The van der Waals surface area contributed by atoms with Crippen molar-refractivity contribution in [3.8, 4) is 0 Å². The Kier molecular flexibility index (Phi) is 4.48. The number of amides is 1. The van der Waals surface area contributed by atoms with Crippen LogP contribution in [0.1, 0.15) is 55.1 Å². The lowest BCUT2D eigenvalue weighted by Gasteiger charge is -2.39. The van der Waals surface area contributed by atoms with Gasteiger partial charge in [-0.2, -0.15) is 0 Å². The largest absolute Gasteiger partial charge is 0.459 e. The summed E-state index contributed by atoms with van der Waals surface area (Å²) in [7, 11) is 0. The molecule has 4 nitrogen and oxygen atoms in total. The van der Waals surface area contributed by atoms with Gasteiger partial charge in [-0.25, -0.2) is 0 Å². The molecule has 0 aromatic carbocycles. The Morgan fingerprint density at radius 1 is 1.55 bits per heavy atom. The first kappa shape index (κ1) is 15.0. The van der Waals surface area contributed by atoms with E-state index >= 15 is 0 Å². The van der Waals surface area contributed by atoms with Crippen LogP contribution < -0.4 is 11.1 Å². The standard InChI is InChI=1S/C15H22N2O2S/c1-3-11-4-7-15(8-5-11,14(16)20)17-13(18)12-10(2)6-9-19-12/h6,9,11H,3-5,7-8H2,1-2H3,(H2,16,20)(H,17,18). The van der Waals surface area contributed by atoms with Crippen molar-refractivity contribution < 1.29 is 9.21 Å². The summed E-state index contributed by atoms with van der Waals surface area (Å²) in [6.07, 6.45) is 6.40. The number of aryl methyl sites for hydroxylation is 1. The molecule has 20 heavy (non-hydrogen) atoms. The summed E-state index contributed by atoms with van der Waals surface area (Å²) in [4.78, 5) is 12.7. The maximum atomic E-state index is 12.3. The van der Waals surface area contributed by atoms with Crippen molar-refractivity contribution >= 4 is 23.1 Å². The van der Waals surface area contributed by atoms with Crippen LogP contribution in [0.4, 0.5) is 0 Å². The van der Waals surface area contributed by atoms with E-state index in [9.17, 15) is 4.79 Å². The van der Waals surface area contributed by atoms with Crippen molar-refractivity contribution in [3.05, 3.63) is 23.7 Å². The molecule has 2 rings (SSSR count). The van der Waals surface area contributed by atoms with Gasteiger partial charge in [0.15, 0.2) is 5.76 Å². The average Bonchev–Trinajstić information content (AvgIpc) is 2.85. The number of rotatable bonds is 4. The Hall–Kier alpha value is -1.36. The zero-order valence-electron chi connectivity index (χ0n) is 12.1. The van der Waals surface area contributed by atoms with Crippen LogP contribution in [0.15, 0.2) is 16.7 Å². The second kappa shape index (κ2) is 5.95. The van der Waals surface area contributed by atoms with Gasteiger partial charge in [0.2, 0.25) is 0 Å². The lowest BCUT2D eigenvalue weighted by atomic mass is 9.75. The van der Waals surface area contributed by atoms with E-state index in [1.54, 1.807) is 6.07 Å². The predicted molar refractivity (Wildman–Crippen MR) is 82.7 cm³/mol. The minimum Gasteiger partial charge on any atom is -0.459 e. The van der Waals surface area contributed by atoms with Gasteiger partial charge in [0.05, 0.1) is 16.8 Å². The molecule has 1 amide bonds. The molecular formula is C15H22N2O2S. The van der Waals surface area contributed by atoms with Gasteiger partial charge >= 0.3 is 0 Å². The third kappa shape index (κ3) is 2.87. The highest BCUT2D eigenvalue weighted by molar-refractivity contribution is 7.80. The average molecular weight is 294 g/mol. The van der Waals surface area contributed by atoms with Crippen molar-refractivity contribution in [2.75, 3.05) is 0 Å². The number of hydrogen-bond acceptors (Lipinski definition) is 3. The van der Waals surface area contributed by atoms with Crippen LogP contribution >= 0.6 is 12.2 Å². The number of hydrogen-bond donors (Lipinski definition) is 2. The predicted octanol–water partition coefficient (Wildman–Crippen LogP) is 2.94. The van der Waals surface area contributed by atoms with Gasteiger partial charge < -0.3 is 15.5 Å². The monoisotopic (exact) mass is 294 g/mol. The van der Waals surface area contributed by atoms with E-state index in [2.05, 4.69) is 12.2 Å². The van der Waals surface area contributed by atoms with Crippen LogP contribution in [0, 0.1) is 12.8 Å². The summed E-state index contributed by atoms with van der Waals surface area (Å²) in [6.45, 7) is 4.04. The van der Waals surface area contributed by atoms with Gasteiger partial charge in [-0.15, -0.1) is 0 Å². The molecule has 0 saturated heterocycles. The first-order chi connectivity index (χ1) is 9.48. The summed E-state index contributed by atoms with van der Waals surface area (Å²) in [6, 6.07) is 1.77. The second-order valence-corrected chi connectivity index (χ2v) is 6.12. The van der Waals surface area contributed by atoms with Crippen molar-refractivity contribution in [1.82, 2.24) is 5.32 Å². The molecule has 5 heteroatoms. The quantitative estimate of drug-likeness (QED) is 0.838. The molecule has 0 bridgehead atoms. The SMILES string of the molecule is CCC1CCC(NC(=O)c2occc2C)(C(N)=S)CC1. The van der Waals surface area contributed by atoms with Crippen LogP contribution in [0.25, 0.3) is 0 Å². The highest BCUT2D eigenvalue weighted by Crippen LogP contribution is 2.34. The zero-order valence-corrected chi connectivity index (χ0v) is 12.9. The maximum Gasteiger partial charge on any atom is 0.288 e. The molecule has 1 aliphatic rings. The lowest BCUT2D eigenvalue weighted by molar-refractivity contribution is 0.0869. The molecule has 0 spiro atoms. The van der Waals surface area contributed by atoms with Crippen LogP contribution in [0.3, 0.4) is 0 Å².